The quantitative estimate of drug-likeness (QED) is 0.0889. The van der Waals surface area contributed by atoms with Crippen molar-refractivity contribution in [1.82, 2.24) is 0 Å². The van der Waals surface area contributed by atoms with E-state index in [9.17, 15) is 105 Å². The SMILES string of the molecule is Cc1ccc(C[n+]2ccsc2)cc1.FC(F)(F)c1cc([B-](c2cc(C(F)(F)F)cc(C(F)(F)F)c2)(c2cc(C(F)(F)F)cc(C(F)(F)F)c2)c2cc(C(F)(F)F)cc(C(F)(F)F)c2)cc(C(F)(F)F)c1. The molecule has 6 rings (SSSR count). The third kappa shape index (κ3) is 12.7. The number of hydrogen-bond donors (Lipinski definition) is 0. The monoisotopic (exact) mass is 1050 g/mol. The summed E-state index contributed by atoms with van der Waals surface area (Å²) in [6.45, 7) is 3.09. The average molecular weight is 1050 g/mol. The van der Waals surface area contributed by atoms with E-state index in [1.54, 1.807) is 11.3 Å². The second-order valence-electron chi connectivity index (χ2n) is 15.4. The summed E-state index contributed by atoms with van der Waals surface area (Å²) in [7, 11) is 0. The lowest BCUT2D eigenvalue weighted by molar-refractivity contribution is -0.683. The van der Waals surface area contributed by atoms with Gasteiger partial charge in [-0.2, -0.15) is 132 Å². The number of alkyl halides is 24. The summed E-state index contributed by atoms with van der Waals surface area (Å²) >= 11 is 1.72. The van der Waals surface area contributed by atoms with Crippen molar-refractivity contribution >= 4 is 39.3 Å². The van der Waals surface area contributed by atoms with Crippen molar-refractivity contribution in [2.24, 2.45) is 0 Å². The van der Waals surface area contributed by atoms with Gasteiger partial charge in [0.25, 0.3) is 0 Å². The van der Waals surface area contributed by atoms with Gasteiger partial charge >= 0.3 is 49.4 Å². The molecule has 0 aliphatic carbocycles. The minimum Gasteiger partial charge on any atom is -0.194 e. The molecule has 0 atom stereocenters. The molecule has 70 heavy (non-hydrogen) atoms. The zero-order valence-corrected chi connectivity index (χ0v) is 35.0. The fourth-order valence-corrected chi connectivity index (χ4v) is 7.92. The van der Waals surface area contributed by atoms with Crippen LogP contribution in [0.1, 0.15) is 55.6 Å². The number of rotatable bonds is 6. The molecule has 0 amide bonds. The van der Waals surface area contributed by atoms with Crippen molar-refractivity contribution in [3.63, 3.8) is 0 Å². The van der Waals surface area contributed by atoms with Crippen LogP contribution in [0, 0.1) is 6.92 Å². The maximum atomic E-state index is 14.2. The number of nitrogens with zero attached hydrogens (tertiary/aromatic N) is 1. The fraction of sp³-hybridized carbons (Fsp3) is 0.233. The summed E-state index contributed by atoms with van der Waals surface area (Å²) < 4.78 is 343. The largest absolute Gasteiger partial charge is 0.416 e. The summed E-state index contributed by atoms with van der Waals surface area (Å²) in [5.41, 5.74) is -25.4. The third-order valence-electron chi connectivity index (χ3n) is 10.5. The highest BCUT2D eigenvalue weighted by Crippen LogP contribution is 2.41. The van der Waals surface area contributed by atoms with Crippen molar-refractivity contribution in [3.8, 4) is 0 Å². The Morgan fingerprint density at radius 3 is 0.771 bits per heavy atom. The Kier molecular flexibility index (Phi) is 14.7. The number of hydrogen-bond acceptors (Lipinski definition) is 1. The summed E-state index contributed by atoms with van der Waals surface area (Å²) in [6, 6.07) is -0.139. The molecule has 0 radical (unpaired) electrons. The molecule has 1 aromatic heterocycles. The van der Waals surface area contributed by atoms with Crippen molar-refractivity contribution < 1.29 is 110 Å². The summed E-state index contributed by atoms with van der Waals surface area (Å²) in [5, 5.41) is 2.09. The highest BCUT2D eigenvalue weighted by molar-refractivity contribution is 7.20. The van der Waals surface area contributed by atoms with Crippen LogP contribution in [0.15, 0.2) is 114 Å². The van der Waals surface area contributed by atoms with Gasteiger partial charge in [-0.3, -0.25) is 0 Å². The van der Waals surface area contributed by atoms with Crippen LogP contribution < -0.4 is 26.4 Å². The van der Waals surface area contributed by atoms with E-state index in [0.717, 1.165) is 6.54 Å². The van der Waals surface area contributed by atoms with Gasteiger partial charge < -0.3 is 0 Å². The molecule has 0 unspecified atom stereocenters. The van der Waals surface area contributed by atoms with Crippen LogP contribution in [0.5, 0.6) is 0 Å². The molecule has 0 fully saturated rings. The van der Waals surface area contributed by atoms with Crippen LogP contribution in [0.2, 0.25) is 0 Å². The van der Waals surface area contributed by atoms with Gasteiger partial charge in [0.05, 0.1) is 49.9 Å². The Bertz CT molecular complexity index is 2350. The summed E-state index contributed by atoms with van der Waals surface area (Å²) in [4.78, 5) is 0. The minimum atomic E-state index is -6.13. The molecular weight excluding hydrogens is 1030 g/mol. The van der Waals surface area contributed by atoms with Crippen LogP contribution in [0.25, 0.3) is 0 Å². The molecule has 0 bridgehead atoms. The van der Waals surface area contributed by atoms with E-state index >= 15 is 0 Å². The number of aryl methyl sites for hydroxylation is 1. The highest BCUT2D eigenvalue weighted by atomic mass is 32.1. The number of halogens is 24. The van der Waals surface area contributed by atoms with Gasteiger partial charge in [-0.1, -0.05) is 89.7 Å². The molecule has 1 heterocycles. The van der Waals surface area contributed by atoms with Gasteiger partial charge in [0.2, 0.25) is 5.51 Å². The lowest BCUT2D eigenvalue weighted by Crippen LogP contribution is -2.75. The van der Waals surface area contributed by atoms with Crippen molar-refractivity contribution in [2.75, 3.05) is 0 Å². The molecule has 6 aromatic rings. The van der Waals surface area contributed by atoms with Crippen LogP contribution in [0.4, 0.5) is 105 Å². The van der Waals surface area contributed by atoms with E-state index in [0.29, 0.717) is 0 Å². The van der Waals surface area contributed by atoms with E-state index in [2.05, 4.69) is 52.8 Å². The third-order valence-corrected chi connectivity index (χ3v) is 11.1. The van der Waals surface area contributed by atoms with Crippen LogP contribution in [-0.2, 0) is 56.0 Å². The maximum absolute atomic E-state index is 14.2. The topological polar surface area (TPSA) is 3.88 Å². The number of aromatic nitrogens is 1. The molecule has 378 valence electrons. The molecule has 0 saturated heterocycles. The summed E-state index contributed by atoms with van der Waals surface area (Å²) in [6.07, 6.45) is -52.7. The first-order valence-corrected chi connectivity index (χ1v) is 19.9. The molecule has 0 aliphatic heterocycles. The Balaban J connectivity index is 0.000000600. The van der Waals surface area contributed by atoms with Crippen molar-refractivity contribution in [3.05, 3.63) is 170 Å². The van der Waals surface area contributed by atoms with E-state index in [4.69, 9.17) is 0 Å². The molecule has 0 saturated carbocycles. The predicted octanol–water partition coefficient (Wildman–Crippen LogP) is 13.6. The first-order valence-electron chi connectivity index (χ1n) is 18.9. The molecule has 5 aromatic carbocycles. The minimum absolute atomic E-state index is 0.691. The van der Waals surface area contributed by atoms with Crippen LogP contribution in [-0.4, -0.2) is 6.15 Å². The van der Waals surface area contributed by atoms with Crippen LogP contribution >= 0.6 is 11.3 Å². The van der Waals surface area contributed by atoms with E-state index in [-0.39, 0.29) is 0 Å². The first kappa shape index (κ1) is 55.0. The Morgan fingerprint density at radius 2 is 0.586 bits per heavy atom. The maximum Gasteiger partial charge on any atom is 0.416 e. The molecule has 0 N–H and O–H groups in total. The first-order chi connectivity index (χ1) is 31.6. The van der Waals surface area contributed by atoms with Gasteiger partial charge in [-0.15, -0.1) is 0 Å². The molecule has 27 heteroatoms. The molecule has 0 spiro atoms. The van der Waals surface area contributed by atoms with E-state index in [1.165, 1.54) is 11.1 Å². The van der Waals surface area contributed by atoms with Gasteiger partial charge in [-0.05, 0) is 31.2 Å². The number of thiazole rings is 1. The van der Waals surface area contributed by atoms with Gasteiger partial charge in [0.1, 0.15) is 6.15 Å². The standard InChI is InChI=1S/C32H12BF24.C11H12NS/c34-25(35,36)13-1-14(26(37,38)39)6-21(5-13)33(22-7-15(27(40,41)42)2-16(8-22)28(43,44)45,23-9-17(29(46,47)48)3-18(10-23)30(49,50)51)24-11-19(31(52,53)54)4-20(12-24)32(55,56)57;1-10-2-4-11(5-3-10)8-12-6-7-13-9-12/h1-12H;2-7,9H,8H2,1H3/q-1;+1. The second-order valence-corrected chi connectivity index (χ2v) is 16.2. The average Bonchev–Trinajstić information content (AvgIpc) is 3.72. The smallest absolute Gasteiger partial charge is 0.194 e. The normalized spacial score (nSPS) is 13.6. The van der Waals surface area contributed by atoms with Gasteiger partial charge in [-0.25, -0.2) is 0 Å². The molecular formula is C43H24BF24NS. The van der Waals surface area contributed by atoms with E-state index in [1.807, 2.05) is 0 Å². The Labute approximate surface area is 381 Å². The Hall–Kier alpha value is -5.89. The number of benzene rings is 5. The predicted molar refractivity (Wildman–Crippen MR) is 205 cm³/mol. The molecule has 0 aliphatic rings. The molecule has 1 nitrogen and oxygen atoms in total. The van der Waals surface area contributed by atoms with Crippen LogP contribution in [0.3, 0.4) is 0 Å². The lowest BCUT2D eigenvalue weighted by Gasteiger charge is -2.46. The second kappa shape index (κ2) is 18.7. The highest BCUT2D eigenvalue weighted by Gasteiger charge is 2.47. The zero-order valence-electron chi connectivity index (χ0n) is 34.2. The summed E-state index contributed by atoms with van der Waals surface area (Å²) in [5.74, 6) is 0. The lowest BCUT2D eigenvalue weighted by atomic mass is 9.12. The van der Waals surface area contributed by atoms with Gasteiger partial charge in [0, 0.05) is 5.56 Å². The van der Waals surface area contributed by atoms with Gasteiger partial charge in [0.15, 0.2) is 12.7 Å². The van der Waals surface area contributed by atoms with E-state index < -0.39 is 195 Å². The fourth-order valence-electron chi connectivity index (χ4n) is 7.33. The van der Waals surface area contributed by atoms with Crippen molar-refractivity contribution in [2.45, 2.75) is 62.9 Å². The van der Waals surface area contributed by atoms with Crippen molar-refractivity contribution in [1.29, 1.82) is 0 Å². The zero-order chi connectivity index (χ0) is 53.0. The Morgan fingerprint density at radius 1 is 0.357 bits per heavy atom.